The molecular formula is C6H13NO2. The van der Waals surface area contributed by atoms with E-state index in [9.17, 15) is 0 Å². The minimum Gasteiger partial charge on any atom is -0.392 e. The Morgan fingerprint density at radius 3 is 2.56 bits per heavy atom. The van der Waals surface area contributed by atoms with Crippen molar-refractivity contribution in [3.63, 3.8) is 0 Å². The molecule has 9 heavy (non-hydrogen) atoms. The molecule has 3 nitrogen and oxygen atoms in total. The van der Waals surface area contributed by atoms with Crippen LogP contribution in [-0.4, -0.2) is 35.0 Å². The van der Waals surface area contributed by atoms with Gasteiger partial charge in [0, 0.05) is 19.0 Å². The van der Waals surface area contributed by atoms with Gasteiger partial charge in [0.15, 0.2) is 0 Å². The second-order valence-electron chi connectivity index (χ2n) is 2.65. The summed E-state index contributed by atoms with van der Waals surface area (Å²) in [6.45, 7) is 2.52. The molecule has 0 aromatic carbocycles. The minimum atomic E-state index is -0.381. The maximum Gasteiger partial charge on any atom is 0.0715 e. The van der Waals surface area contributed by atoms with Gasteiger partial charge in [0.2, 0.25) is 0 Å². The highest BCUT2D eigenvalue weighted by atomic mass is 16.3. The van der Waals surface area contributed by atoms with Crippen molar-refractivity contribution in [3.8, 4) is 0 Å². The van der Waals surface area contributed by atoms with Crippen molar-refractivity contribution in [1.29, 1.82) is 0 Å². The first kappa shape index (κ1) is 6.99. The Labute approximate surface area is 54.7 Å². The first-order valence-electron chi connectivity index (χ1n) is 3.29. The minimum absolute atomic E-state index is 0.133. The van der Waals surface area contributed by atoms with E-state index in [0.717, 1.165) is 0 Å². The molecule has 1 saturated heterocycles. The highest BCUT2D eigenvalue weighted by molar-refractivity contribution is 4.81. The summed E-state index contributed by atoms with van der Waals surface area (Å²) in [5, 5.41) is 21.1. The molecule has 0 saturated carbocycles. The molecule has 0 aliphatic carbocycles. The first-order valence-corrected chi connectivity index (χ1v) is 3.29. The quantitative estimate of drug-likeness (QED) is 0.399. The van der Waals surface area contributed by atoms with Crippen LogP contribution in [0.25, 0.3) is 0 Å². The van der Waals surface area contributed by atoms with E-state index < -0.39 is 0 Å². The largest absolute Gasteiger partial charge is 0.392 e. The summed E-state index contributed by atoms with van der Waals surface area (Å²) in [4.78, 5) is 0. The number of aliphatic hydroxyl groups excluding tert-OH is 2. The summed E-state index contributed by atoms with van der Waals surface area (Å²) < 4.78 is 0. The molecule has 1 fully saturated rings. The fraction of sp³-hybridized carbons (Fsp3) is 1.00. The zero-order chi connectivity index (χ0) is 6.85. The van der Waals surface area contributed by atoms with Gasteiger partial charge < -0.3 is 15.5 Å². The Kier molecular flexibility index (Phi) is 2.05. The van der Waals surface area contributed by atoms with E-state index in [1.54, 1.807) is 0 Å². The van der Waals surface area contributed by atoms with E-state index in [0.29, 0.717) is 13.0 Å². The van der Waals surface area contributed by atoms with Crippen LogP contribution in [0, 0.1) is 0 Å². The molecule has 0 spiro atoms. The molecule has 0 unspecified atom stereocenters. The molecule has 54 valence electrons. The molecule has 1 aliphatic rings. The summed E-state index contributed by atoms with van der Waals surface area (Å²) in [5.41, 5.74) is 0. The summed E-state index contributed by atoms with van der Waals surface area (Å²) in [6, 6.07) is 0.133. The molecular weight excluding hydrogens is 118 g/mol. The van der Waals surface area contributed by atoms with Gasteiger partial charge in [0.1, 0.15) is 0 Å². The summed E-state index contributed by atoms with van der Waals surface area (Å²) in [7, 11) is 0. The third-order valence-corrected chi connectivity index (χ3v) is 1.77. The van der Waals surface area contributed by atoms with Crippen LogP contribution in [0.1, 0.15) is 13.3 Å². The van der Waals surface area contributed by atoms with E-state index >= 15 is 0 Å². The maximum atomic E-state index is 9.13. The van der Waals surface area contributed by atoms with Crippen LogP contribution in [0.2, 0.25) is 0 Å². The summed E-state index contributed by atoms with van der Waals surface area (Å²) in [6.07, 6.45) is -0.237. The molecule has 0 radical (unpaired) electrons. The molecule has 0 bridgehead atoms. The number of aliphatic hydroxyl groups is 2. The highest BCUT2D eigenvalue weighted by Gasteiger charge is 2.23. The monoisotopic (exact) mass is 131 g/mol. The molecule has 0 aromatic rings. The number of hydrogen-bond donors (Lipinski definition) is 3. The van der Waals surface area contributed by atoms with Crippen LogP contribution in [0.3, 0.4) is 0 Å². The van der Waals surface area contributed by atoms with Crippen molar-refractivity contribution in [2.24, 2.45) is 0 Å². The predicted octanol–water partition coefficient (Wildman–Crippen LogP) is -0.910. The molecule has 1 rings (SSSR count). The molecule has 3 atom stereocenters. The molecule has 0 aromatic heterocycles. The van der Waals surface area contributed by atoms with Gasteiger partial charge in [-0.1, -0.05) is 0 Å². The van der Waals surface area contributed by atoms with Gasteiger partial charge >= 0.3 is 0 Å². The van der Waals surface area contributed by atoms with Gasteiger partial charge in [0.25, 0.3) is 0 Å². The smallest absolute Gasteiger partial charge is 0.0715 e. The van der Waals surface area contributed by atoms with E-state index in [1.165, 1.54) is 0 Å². The fourth-order valence-corrected chi connectivity index (χ4v) is 1.02. The topological polar surface area (TPSA) is 52.5 Å². The van der Waals surface area contributed by atoms with Crippen LogP contribution in [0.4, 0.5) is 0 Å². The van der Waals surface area contributed by atoms with Gasteiger partial charge in [-0.3, -0.25) is 0 Å². The Morgan fingerprint density at radius 1 is 1.44 bits per heavy atom. The fourth-order valence-electron chi connectivity index (χ4n) is 1.02. The van der Waals surface area contributed by atoms with Crippen molar-refractivity contribution in [2.45, 2.75) is 31.6 Å². The van der Waals surface area contributed by atoms with Crippen LogP contribution in [0.15, 0.2) is 0 Å². The normalized spacial score (nSPS) is 45.0. The highest BCUT2D eigenvalue weighted by Crippen LogP contribution is 2.07. The van der Waals surface area contributed by atoms with E-state index in [1.807, 2.05) is 6.92 Å². The van der Waals surface area contributed by atoms with Crippen molar-refractivity contribution in [2.75, 3.05) is 6.54 Å². The van der Waals surface area contributed by atoms with Crippen molar-refractivity contribution >= 4 is 0 Å². The van der Waals surface area contributed by atoms with Crippen LogP contribution in [-0.2, 0) is 0 Å². The van der Waals surface area contributed by atoms with Gasteiger partial charge in [-0.25, -0.2) is 0 Å². The Hall–Kier alpha value is -0.120. The first-order chi connectivity index (χ1) is 4.20. The van der Waals surface area contributed by atoms with Crippen molar-refractivity contribution in [3.05, 3.63) is 0 Å². The van der Waals surface area contributed by atoms with Gasteiger partial charge in [-0.2, -0.15) is 0 Å². The number of piperidine rings is 1. The van der Waals surface area contributed by atoms with Crippen LogP contribution in [0.5, 0.6) is 0 Å². The zero-order valence-electron chi connectivity index (χ0n) is 5.54. The SMILES string of the molecule is C[C@H]1NC[C@H](O)C[C@@H]1O. The second-order valence-corrected chi connectivity index (χ2v) is 2.65. The molecule has 3 N–H and O–H groups in total. The second kappa shape index (κ2) is 2.64. The summed E-state index contributed by atoms with van der Waals surface area (Å²) in [5.74, 6) is 0. The lowest BCUT2D eigenvalue weighted by atomic mass is 10.0. The maximum absolute atomic E-state index is 9.13. The lowest BCUT2D eigenvalue weighted by molar-refractivity contribution is 0.0278. The standard InChI is InChI=1S/C6H13NO2/c1-4-6(9)2-5(8)3-7-4/h4-9H,2-3H2,1H3/t4-,5-,6+/m1/s1. The zero-order valence-corrected chi connectivity index (χ0v) is 5.54. The Bertz CT molecular complexity index is 97.1. The third kappa shape index (κ3) is 1.64. The van der Waals surface area contributed by atoms with Gasteiger partial charge in [-0.05, 0) is 6.92 Å². The van der Waals surface area contributed by atoms with Crippen molar-refractivity contribution < 1.29 is 10.2 Å². The lowest BCUT2D eigenvalue weighted by Gasteiger charge is -2.29. The van der Waals surface area contributed by atoms with E-state index in [2.05, 4.69) is 5.32 Å². The van der Waals surface area contributed by atoms with Crippen LogP contribution < -0.4 is 5.32 Å². The number of nitrogens with one attached hydrogen (secondary N) is 1. The van der Waals surface area contributed by atoms with Crippen LogP contribution >= 0.6 is 0 Å². The predicted molar refractivity (Wildman–Crippen MR) is 34.1 cm³/mol. The average Bonchev–Trinajstić information content (AvgIpc) is 1.80. The van der Waals surface area contributed by atoms with Gasteiger partial charge in [0.05, 0.1) is 12.2 Å². The number of β-amino-alcohol motifs (C(OH)–C–C–N with tert-alkyl or cyclic N) is 1. The Balaban J connectivity index is 2.35. The van der Waals surface area contributed by atoms with E-state index in [-0.39, 0.29) is 18.2 Å². The molecule has 1 aliphatic heterocycles. The molecule has 0 amide bonds. The molecule has 3 heteroatoms. The third-order valence-electron chi connectivity index (χ3n) is 1.77. The Morgan fingerprint density at radius 2 is 2.11 bits per heavy atom. The van der Waals surface area contributed by atoms with E-state index in [4.69, 9.17) is 10.2 Å². The average molecular weight is 131 g/mol. The molecule has 1 heterocycles. The number of hydrogen-bond acceptors (Lipinski definition) is 3. The number of rotatable bonds is 0. The lowest BCUT2D eigenvalue weighted by Crippen LogP contribution is -2.48. The van der Waals surface area contributed by atoms with Gasteiger partial charge in [-0.15, -0.1) is 0 Å². The summed E-state index contributed by atoms with van der Waals surface area (Å²) >= 11 is 0. The van der Waals surface area contributed by atoms with Crippen molar-refractivity contribution in [1.82, 2.24) is 5.32 Å².